The zero-order chi connectivity index (χ0) is 16.2. The molecule has 0 saturated carbocycles. The molecule has 0 aliphatic rings. The molecule has 1 rings (SSSR count). The van der Waals surface area contributed by atoms with Crippen LogP contribution in [0.2, 0.25) is 0 Å². The number of methoxy groups -OCH3 is 1. The minimum atomic E-state index is -0.708. The number of rotatable bonds is 9. The van der Waals surface area contributed by atoms with E-state index in [-0.39, 0.29) is 36.3 Å². The first-order chi connectivity index (χ1) is 10.7. The van der Waals surface area contributed by atoms with Crippen molar-refractivity contribution in [2.75, 3.05) is 40.0 Å². The standard InChI is InChI=1S/C15H23F2N3O2.HI/c1-3-18-15(19-7-4-9-21-2)20-8-10-22-14-6-5-12(16)11-13(14)17;/h5-6,11H,3-4,7-10H2,1-2H3,(H2,18,19,20);1H. The van der Waals surface area contributed by atoms with E-state index in [0.29, 0.717) is 25.7 Å². The van der Waals surface area contributed by atoms with Gasteiger partial charge in [-0.2, -0.15) is 0 Å². The number of guanidine groups is 1. The molecule has 0 fully saturated rings. The Kier molecular flexibility index (Phi) is 12.6. The number of nitrogens with zero attached hydrogens (tertiary/aromatic N) is 1. The summed E-state index contributed by atoms with van der Waals surface area (Å²) in [7, 11) is 1.65. The van der Waals surface area contributed by atoms with Crippen molar-refractivity contribution >= 4 is 29.9 Å². The summed E-state index contributed by atoms with van der Waals surface area (Å²) in [5.41, 5.74) is 0. The molecule has 132 valence electrons. The van der Waals surface area contributed by atoms with Gasteiger partial charge in [-0.15, -0.1) is 24.0 Å². The fraction of sp³-hybridized carbons (Fsp3) is 0.533. The second-order valence-electron chi connectivity index (χ2n) is 4.46. The molecule has 0 bridgehead atoms. The second-order valence-corrected chi connectivity index (χ2v) is 4.46. The Morgan fingerprint density at radius 1 is 1.22 bits per heavy atom. The molecule has 1 aromatic rings. The summed E-state index contributed by atoms with van der Waals surface area (Å²) in [6, 6.07) is 3.23. The highest BCUT2D eigenvalue weighted by molar-refractivity contribution is 14.0. The van der Waals surface area contributed by atoms with Gasteiger partial charge < -0.3 is 20.1 Å². The first kappa shape index (κ1) is 21.8. The predicted molar refractivity (Wildman–Crippen MR) is 97.7 cm³/mol. The van der Waals surface area contributed by atoms with Crippen molar-refractivity contribution in [2.24, 2.45) is 4.99 Å². The topological polar surface area (TPSA) is 54.9 Å². The number of nitrogens with one attached hydrogen (secondary N) is 2. The van der Waals surface area contributed by atoms with Crippen LogP contribution in [0.5, 0.6) is 5.75 Å². The maximum absolute atomic E-state index is 13.4. The van der Waals surface area contributed by atoms with E-state index in [0.717, 1.165) is 25.1 Å². The molecule has 5 nitrogen and oxygen atoms in total. The maximum atomic E-state index is 13.4. The van der Waals surface area contributed by atoms with Gasteiger partial charge >= 0.3 is 0 Å². The lowest BCUT2D eigenvalue weighted by atomic mass is 10.3. The SMILES string of the molecule is CCNC(=NCCCOC)NCCOc1ccc(F)cc1F.I. The highest BCUT2D eigenvalue weighted by Crippen LogP contribution is 2.17. The number of halogens is 3. The first-order valence-electron chi connectivity index (χ1n) is 7.26. The lowest BCUT2D eigenvalue weighted by molar-refractivity contribution is 0.197. The Labute approximate surface area is 152 Å². The van der Waals surface area contributed by atoms with Crippen molar-refractivity contribution in [2.45, 2.75) is 13.3 Å². The summed E-state index contributed by atoms with van der Waals surface area (Å²) in [6.07, 6.45) is 0.838. The normalized spacial score (nSPS) is 10.9. The summed E-state index contributed by atoms with van der Waals surface area (Å²) in [4.78, 5) is 4.36. The molecule has 0 aliphatic heterocycles. The van der Waals surface area contributed by atoms with Crippen LogP contribution in [0.1, 0.15) is 13.3 Å². The van der Waals surface area contributed by atoms with Crippen molar-refractivity contribution in [3.8, 4) is 5.75 Å². The van der Waals surface area contributed by atoms with Crippen LogP contribution in [0.4, 0.5) is 8.78 Å². The zero-order valence-corrected chi connectivity index (χ0v) is 15.7. The monoisotopic (exact) mass is 443 g/mol. The van der Waals surface area contributed by atoms with E-state index < -0.39 is 11.6 Å². The van der Waals surface area contributed by atoms with Crippen LogP contribution in [-0.2, 0) is 4.74 Å². The van der Waals surface area contributed by atoms with Crippen LogP contribution in [0.25, 0.3) is 0 Å². The summed E-state index contributed by atoms with van der Waals surface area (Å²) in [5, 5.41) is 6.17. The van der Waals surface area contributed by atoms with Gasteiger partial charge in [0.15, 0.2) is 17.5 Å². The molecule has 0 heterocycles. The molecule has 1 aromatic carbocycles. The summed E-state index contributed by atoms with van der Waals surface area (Å²) >= 11 is 0. The van der Waals surface area contributed by atoms with Crippen molar-refractivity contribution in [3.05, 3.63) is 29.8 Å². The van der Waals surface area contributed by atoms with E-state index in [9.17, 15) is 8.78 Å². The molecular weight excluding hydrogens is 419 g/mol. The fourth-order valence-electron chi connectivity index (χ4n) is 1.66. The van der Waals surface area contributed by atoms with Crippen LogP contribution in [0.3, 0.4) is 0 Å². The van der Waals surface area contributed by atoms with Crippen LogP contribution in [0.15, 0.2) is 23.2 Å². The minimum absolute atomic E-state index is 0. The third-order valence-corrected chi connectivity index (χ3v) is 2.67. The van der Waals surface area contributed by atoms with E-state index >= 15 is 0 Å². The van der Waals surface area contributed by atoms with Crippen molar-refractivity contribution in [1.29, 1.82) is 0 Å². The van der Waals surface area contributed by atoms with Gasteiger partial charge in [0.25, 0.3) is 0 Å². The third kappa shape index (κ3) is 9.54. The summed E-state index contributed by atoms with van der Waals surface area (Å²) in [5.74, 6) is -0.632. The zero-order valence-electron chi connectivity index (χ0n) is 13.4. The molecule has 23 heavy (non-hydrogen) atoms. The van der Waals surface area contributed by atoms with Crippen molar-refractivity contribution < 1.29 is 18.3 Å². The summed E-state index contributed by atoms with van der Waals surface area (Å²) in [6.45, 7) is 4.71. The molecule has 0 atom stereocenters. The van der Waals surface area contributed by atoms with E-state index in [4.69, 9.17) is 9.47 Å². The molecular formula is C15H24F2IN3O2. The van der Waals surface area contributed by atoms with Gasteiger partial charge in [-0.05, 0) is 25.5 Å². The van der Waals surface area contributed by atoms with Crippen LogP contribution in [-0.4, -0.2) is 45.9 Å². The lowest BCUT2D eigenvalue weighted by Crippen LogP contribution is -2.39. The molecule has 8 heteroatoms. The summed E-state index contributed by atoms with van der Waals surface area (Å²) < 4.78 is 36.3. The molecule has 0 unspecified atom stereocenters. The van der Waals surface area contributed by atoms with Gasteiger partial charge in [0.2, 0.25) is 0 Å². The van der Waals surface area contributed by atoms with Gasteiger partial charge in [-0.25, -0.2) is 8.78 Å². The van der Waals surface area contributed by atoms with Gasteiger partial charge in [0, 0.05) is 32.9 Å². The number of benzene rings is 1. The Morgan fingerprint density at radius 3 is 2.65 bits per heavy atom. The quantitative estimate of drug-likeness (QED) is 0.267. The van der Waals surface area contributed by atoms with Gasteiger partial charge in [0.05, 0.1) is 6.54 Å². The van der Waals surface area contributed by atoms with E-state index in [1.807, 2.05) is 6.92 Å². The highest BCUT2D eigenvalue weighted by Gasteiger charge is 2.04. The van der Waals surface area contributed by atoms with Gasteiger partial charge in [-0.3, -0.25) is 4.99 Å². The average Bonchev–Trinajstić information content (AvgIpc) is 2.49. The molecule has 0 aromatic heterocycles. The van der Waals surface area contributed by atoms with Gasteiger partial charge in [-0.1, -0.05) is 0 Å². The van der Waals surface area contributed by atoms with Crippen molar-refractivity contribution in [3.63, 3.8) is 0 Å². The first-order valence-corrected chi connectivity index (χ1v) is 7.26. The number of aliphatic imine (C=N–C) groups is 1. The lowest BCUT2D eigenvalue weighted by Gasteiger charge is -2.12. The molecule has 2 N–H and O–H groups in total. The molecule has 0 aliphatic carbocycles. The number of ether oxygens (including phenoxy) is 2. The predicted octanol–water partition coefficient (Wildman–Crippen LogP) is 2.55. The van der Waals surface area contributed by atoms with Crippen molar-refractivity contribution in [1.82, 2.24) is 10.6 Å². The molecule has 0 saturated heterocycles. The second kappa shape index (κ2) is 13.3. The molecule has 0 amide bonds. The van der Waals surface area contributed by atoms with E-state index in [1.54, 1.807) is 7.11 Å². The maximum Gasteiger partial charge on any atom is 0.191 e. The average molecular weight is 443 g/mol. The Morgan fingerprint density at radius 2 is 2.00 bits per heavy atom. The van der Waals surface area contributed by atoms with E-state index in [1.165, 1.54) is 6.07 Å². The van der Waals surface area contributed by atoms with Crippen LogP contribution >= 0.6 is 24.0 Å². The largest absolute Gasteiger partial charge is 0.489 e. The Hall–Kier alpha value is -1.16. The number of hydrogen-bond donors (Lipinski definition) is 2. The molecule has 0 spiro atoms. The minimum Gasteiger partial charge on any atom is -0.489 e. The van der Waals surface area contributed by atoms with Crippen LogP contribution in [0, 0.1) is 11.6 Å². The number of hydrogen-bond acceptors (Lipinski definition) is 3. The Bertz CT molecular complexity index is 476. The van der Waals surface area contributed by atoms with E-state index in [2.05, 4.69) is 15.6 Å². The van der Waals surface area contributed by atoms with Crippen LogP contribution < -0.4 is 15.4 Å². The molecule has 0 radical (unpaired) electrons. The smallest absolute Gasteiger partial charge is 0.191 e. The van der Waals surface area contributed by atoms with Gasteiger partial charge in [0.1, 0.15) is 12.4 Å². The third-order valence-electron chi connectivity index (χ3n) is 2.67. The Balaban J connectivity index is 0.00000484. The fourth-order valence-corrected chi connectivity index (χ4v) is 1.66. The highest BCUT2D eigenvalue weighted by atomic mass is 127.